The van der Waals surface area contributed by atoms with Gasteiger partial charge in [0.25, 0.3) is 5.91 Å². The Morgan fingerprint density at radius 1 is 1.38 bits per heavy atom. The zero-order valence-corrected chi connectivity index (χ0v) is 13.4. The van der Waals surface area contributed by atoms with Crippen LogP contribution >= 0.6 is 15.9 Å². The van der Waals surface area contributed by atoms with Crippen LogP contribution in [0.2, 0.25) is 0 Å². The van der Waals surface area contributed by atoms with Crippen LogP contribution in [0, 0.1) is 6.92 Å². The summed E-state index contributed by atoms with van der Waals surface area (Å²) in [6.45, 7) is 2.83. The minimum Gasteiger partial charge on any atom is -0.481 e. The van der Waals surface area contributed by atoms with Gasteiger partial charge in [-0.05, 0) is 47.3 Å². The highest BCUT2D eigenvalue weighted by molar-refractivity contribution is 9.10. The fourth-order valence-electron chi connectivity index (χ4n) is 2.53. The molecular weight excluding hydrogens is 338 g/mol. The van der Waals surface area contributed by atoms with Gasteiger partial charge in [-0.1, -0.05) is 12.1 Å². The number of carboxylic acid groups (broad SMARTS) is 1. The number of halogens is 1. The van der Waals surface area contributed by atoms with Crippen molar-refractivity contribution in [3.63, 3.8) is 0 Å². The van der Waals surface area contributed by atoms with Crippen LogP contribution in [0.1, 0.15) is 35.2 Å². The standard InChI is InChI=1S/C15H18BrNO4/c1-10-3-2-4-11(13(10)16)14(20)17-15(9-12(18)19)5-7-21-8-6-15/h2-4H,5-9H2,1H3,(H,17,20)(H,18,19). The molecule has 0 atom stereocenters. The number of carboxylic acids is 1. The van der Waals surface area contributed by atoms with Crippen molar-refractivity contribution >= 4 is 27.8 Å². The maximum Gasteiger partial charge on any atom is 0.305 e. The highest BCUT2D eigenvalue weighted by atomic mass is 79.9. The Kier molecular flexibility index (Phi) is 5.00. The highest BCUT2D eigenvalue weighted by Gasteiger charge is 2.36. The first-order valence-corrected chi connectivity index (χ1v) is 7.60. The van der Waals surface area contributed by atoms with E-state index in [4.69, 9.17) is 9.84 Å². The van der Waals surface area contributed by atoms with Crippen LogP contribution in [-0.2, 0) is 9.53 Å². The van der Waals surface area contributed by atoms with Gasteiger partial charge in [-0.25, -0.2) is 0 Å². The molecule has 1 aliphatic heterocycles. The number of carbonyl (C=O) groups excluding carboxylic acids is 1. The normalized spacial score (nSPS) is 17.2. The molecule has 6 heteroatoms. The van der Waals surface area contributed by atoms with Crippen molar-refractivity contribution in [2.24, 2.45) is 0 Å². The summed E-state index contributed by atoms with van der Waals surface area (Å²) < 4.78 is 6.02. The van der Waals surface area contributed by atoms with Gasteiger partial charge in [0.1, 0.15) is 0 Å². The predicted molar refractivity (Wildman–Crippen MR) is 81.4 cm³/mol. The molecule has 114 valence electrons. The Labute approximate surface area is 131 Å². The molecule has 0 aliphatic carbocycles. The summed E-state index contributed by atoms with van der Waals surface area (Å²) in [4.78, 5) is 23.6. The largest absolute Gasteiger partial charge is 0.481 e. The maximum atomic E-state index is 12.5. The van der Waals surface area contributed by atoms with E-state index in [1.807, 2.05) is 19.1 Å². The number of hydrogen-bond donors (Lipinski definition) is 2. The molecule has 1 amide bonds. The number of benzene rings is 1. The number of aryl methyl sites for hydroxylation is 1. The van der Waals surface area contributed by atoms with Crippen LogP contribution in [0.25, 0.3) is 0 Å². The molecule has 2 N–H and O–H groups in total. The van der Waals surface area contributed by atoms with Gasteiger partial charge < -0.3 is 15.2 Å². The van der Waals surface area contributed by atoms with Gasteiger partial charge in [-0.15, -0.1) is 0 Å². The van der Waals surface area contributed by atoms with E-state index in [0.29, 0.717) is 31.6 Å². The van der Waals surface area contributed by atoms with Gasteiger partial charge in [0.15, 0.2) is 0 Å². The molecule has 1 aromatic carbocycles. The number of aliphatic carboxylic acids is 1. The number of amides is 1. The van der Waals surface area contributed by atoms with Gasteiger partial charge in [0.05, 0.1) is 17.5 Å². The van der Waals surface area contributed by atoms with Crippen molar-refractivity contribution in [1.29, 1.82) is 0 Å². The van der Waals surface area contributed by atoms with Crippen molar-refractivity contribution < 1.29 is 19.4 Å². The van der Waals surface area contributed by atoms with E-state index < -0.39 is 11.5 Å². The molecule has 1 heterocycles. The third-order valence-electron chi connectivity index (χ3n) is 3.75. The minimum atomic E-state index is -0.916. The molecule has 5 nitrogen and oxygen atoms in total. The average molecular weight is 356 g/mol. The van der Waals surface area contributed by atoms with E-state index in [9.17, 15) is 9.59 Å². The first-order valence-electron chi connectivity index (χ1n) is 6.81. The zero-order valence-electron chi connectivity index (χ0n) is 11.8. The van der Waals surface area contributed by atoms with E-state index in [-0.39, 0.29) is 12.3 Å². The van der Waals surface area contributed by atoms with Crippen molar-refractivity contribution in [2.75, 3.05) is 13.2 Å². The fourth-order valence-corrected chi connectivity index (χ4v) is 2.97. The lowest BCUT2D eigenvalue weighted by Crippen LogP contribution is -2.53. The molecule has 1 aromatic rings. The molecule has 1 aliphatic rings. The fraction of sp³-hybridized carbons (Fsp3) is 0.467. The van der Waals surface area contributed by atoms with Gasteiger partial charge in [0, 0.05) is 17.7 Å². The molecule has 0 bridgehead atoms. The molecule has 1 fully saturated rings. The summed E-state index contributed by atoms with van der Waals surface area (Å²) in [5.41, 5.74) is 0.748. The van der Waals surface area contributed by atoms with Crippen LogP contribution < -0.4 is 5.32 Å². The Morgan fingerprint density at radius 2 is 2.05 bits per heavy atom. The summed E-state index contributed by atoms with van der Waals surface area (Å²) >= 11 is 3.41. The third kappa shape index (κ3) is 3.83. The first kappa shape index (κ1) is 16.0. The molecule has 0 spiro atoms. The molecule has 21 heavy (non-hydrogen) atoms. The molecule has 0 aromatic heterocycles. The second-order valence-electron chi connectivity index (χ2n) is 5.35. The smallest absolute Gasteiger partial charge is 0.305 e. The second-order valence-corrected chi connectivity index (χ2v) is 6.15. The molecule has 0 saturated carbocycles. The summed E-state index contributed by atoms with van der Waals surface area (Å²) in [6, 6.07) is 5.44. The lowest BCUT2D eigenvalue weighted by Gasteiger charge is -2.37. The van der Waals surface area contributed by atoms with E-state index in [1.165, 1.54) is 0 Å². The van der Waals surface area contributed by atoms with Gasteiger partial charge in [0.2, 0.25) is 0 Å². The highest BCUT2D eigenvalue weighted by Crippen LogP contribution is 2.27. The van der Waals surface area contributed by atoms with Gasteiger partial charge in [-0.3, -0.25) is 9.59 Å². The summed E-state index contributed by atoms with van der Waals surface area (Å²) in [5.74, 6) is -1.17. The van der Waals surface area contributed by atoms with Crippen LogP contribution in [0.5, 0.6) is 0 Å². The number of ether oxygens (including phenoxy) is 1. The van der Waals surface area contributed by atoms with Crippen LogP contribution in [0.3, 0.4) is 0 Å². The molecule has 0 unspecified atom stereocenters. The Morgan fingerprint density at radius 3 is 2.67 bits per heavy atom. The van der Waals surface area contributed by atoms with Gasteiger partial charge in [-0.2, -0.15) is 0 Å². The van der Waals surface area contributed by atoms with E-state index in [0.717, 1.165) is 10.0 Å². The van der Waals surface area contributed by atoms with Crippen molar-refractivity contribution in [2.45, 2.75) is 31.7 Å². The summed E-state index contributed by atoms with van der Waals surface area (Å²) in [5, 5.41) is 12.0. The summed E-state index contributed by atoms with van der Waals surface area (Å²) in [6.07, 6.45) is 0.925. The van der Waals surface area contributed by atoms with Crippen LogP contribution in [0.15, 0.2) is 22.7 Å². The lowest BCUT2D eigenvalue weighted by atomic mass is 9.86. The Bertz CT molecular complexity index is 553. The SMILES string of the molecule is Cc1cccc(C(=O)NC2(CC(=O)O)CCOCC2)c1Br. The zero-order chi connectivity index (χ0) is 15.5. The maximum absolute atomic E-state index is 12.5. The number of hydrogen-bond acceptors (Lipinski definition) is 3. The van der Waals surface area contributed by atoms with Crippen molar-refractivity contribution in [3.05, 3.63) is 33.8 Å². The van der Waals surface area contributed by atoms with Crippen molar-refractivity contribution in [3.8, 4) is 0 Å². The third-order valence-corrected chi connectivity index (χ3v) is 4.81. The predicted octanol–water partition coefficient (Wildman–Crippen LogP) is 2.51. The monoisotopic (exact) mass is 355 g/mol. The number of nitrogens with one attached hydrogen (secondary N) is 1. The van der Waals surface area contributed by atoms with E-state index >= 15 is 0 Å². The second kappa shape index (κ2) is 6.58. The van der Waals surface area contributed by atoms with Crippen molar-refractivity contribution in [1.82, 2.24) is 5.32 Å². The van der Waals surface area contributed by atoms with Crippen LogP contribution in [0.4, 0.5) is 0 Å². The average Bonchev–Trinajstić information content (AvgIpc) is 2.41. The first-order chi connectivity index (χ1) is 9.93. The molecule has 2 rings (SSSR count). The minimum absolute atomic E-state index is 0.0917. The lowest BCUT2D eigenvalue weighted by molar-refractivity contribution is -0.139. The van der Waals surface area contributed by atoms with E-state index in [1.54, 1.807) is 6.07 Å². The Balaban J connectivity index is 2.21. The summed E-state index contributed by atoms with van der Waals surface area (Å²) in [7, 11) is 0. The van der Waals surface area contributed by atoms with Crippen LogP contribution in [-0.4, -0.2) is 35.7 Å². The molecule has 0 radical (unpaired) electrons. The van der Waals surface area contributed by atoms with Gasteiger partial charge >= 0.3 is 5.97 Å². The topological polar surface area (TPSA) is 75.6 Å². The number of rotatable bonds is 4. The molecular formula is C15H18BrNO4. The molecule has 1 saturated heterocycles. The Hall–Kier alpha value is -1.40. The number of carbonyl (C=O) groups is 2. The van der Waals surface area contributed by atoms with E-state index in [2.05, 4.69) is 21.2 Å². The quantitative estimate of drug-likeness (QED) is 0.869.